The van der Waals surface area contributed by atoms with Crippen LogP contribution in [0.2, 0.25) is 0 Å². The predicted octanol–water partition coefficient (Wildman–Crippen LogP) is 10.1. The van der Waals surface area contributed by atoms with E-state index in [1.807, 2.05) is 0 Å². The molecular formula is C40H72NO10P. The van der Waals surface area contributed by atoms with Gasteiger partial charge in [-0.25, -0.2) is 4.57 Å². The zero-order valence-electron chi connectivity index (χ0n) is 32.4. The fourth-order valence-electron chi connectivity index (χ4n) is 5.15. The van der Waals surface area contributed by atoms with Crippen LogP contribution in [0.3, 0.4) is 0 Å². The minimum atomic E-state index is -4.71. The minimum Gasteiger partial charge on any atom is -0.480 e. The van der Waals surface area contributed by atoms with Gasteiger partial charge in [0.25, 0.3) is 0 Å². The molecule has 0 aliphatic rings. The maximum Gasteiger partial charge on any atom is 0.472 e. The SMILES string of the molecule is CCC/C=C\CCCCCCCC(=O)OCC(COP(=O)(O)OCC(N)C(=O)O)OC(=O)CCCCCCCCC/C=C\C/C=C\CCCCCC. The number of allylic oxidation sites excluding steroid dienone is 6. The molecule has 0 aromatic rings. The van der Waals surface area contributed by atoms with Crippen LogP contribution in [0.1, 0.15) is 168 Å². The highest BCUT2D eigenvalue weighted by molar-refractivity contribution is 7.47. The maximum absolute atomic E-state index is 12.6. The molecule has 0 amide bonds. The van der Waals surface area contributed by atoms with E-state index in [0.717, 1.165) is 83.5 Å². The number of carboxylic acids is 1. The highest BCUT2D eigenvalue weighted by atomic mass is 31.2. The summed E-state index contributed by atoms with van der Waals surface area (Å²) >= 11 is 0. The summed E-state index contributed by atoms with van der Waals surface area (Å²) in [5, 5.41) is 8.86. The van der Waals surface area contributed by atoms with E-state index in [1.165, 1.54) is 44.9 Å². The number of carboxylic acid groups (broad SMARTS) is 1. The Morgan fingerprint density at radius 1 is 0.596 bits per heavy atom. The molecule has 0 saturated heterocycles. The zero-order chi connectivity index (χ0) is 38.5. The molecular weight excluding hydrogens is 685 g/mol. The maximum atomic E-state index is 12.6. The van der Waals surface area contributed by atoms with Gasteiger partial charge in [-0.2, -0.15) is 0 Å². The van der Waals surface area contributed by atoms with E-state index in [2.05, 4.69) is 54.8 Å². The number of aliphatic carboxylic acids is 1. The monoisotopic (exact) mass is 757 g/mol. The number of ether oxygens (including phenoxy) is 2. The number of carbonyl (C=O) groups is 3. The van der Waals surface area contributed by atoms with E-state index in [-0.39, 0.29) is 19.4 Å². The second kappa shape index (κ2) is 35.7. The molecule has 0 saturated carbocycles. The predicted molar refractivity (Wildman–Crippen MR) is 208 cm³/mol. The largest absolute Gasteiger partial charge is 0.480 e. The number of rotatable bonds is 37. The Hall–Kier alpha value is -2.30. The fourth-order valence-corrected chi connectivity index (χ4v) is 5.93. The van der Waals surface area contributed by atoms with E-state index >= 15 is 0 Å². The molecule has 52 heavy (non-hydrogen) atoms. The van der Waals surface area contributed by atoms with Gasteiger partial charge in [-0.05, 0) is 64.2 Å². The molecule has 0 heterocycles. The third-order valence-electron chi connectivity index (χ3n) is 8.34. The van der Waals surface area contributed by atoms with Crippen molar-refractivity contribution in [2.45, 2.75) is 180 Å². The number of carbonyl (C=O) groups excluding carboxylic acids is 2. The smallest absolute Gasteiger partial charge is 0.472 e. The Balaban J connectivity index is 4.39. The van der Waals surface area contributed by atoms with Gasteiger partial charge in [0, 0.05) is 12.8 Å². The van der Waals surface area contributed by atoms with Gasteiger partial charge >= 0.3 is 25.7 Å². The molecule has 0 radical (unpaired) electrons. The van der Waals surface area contributed by atoms with Crippen molar-refractivity contribution < 1.29 is 47.5 Å². The van der Waals surface area contributed by atoms with Crippen molar-refractivity contribution in [3.63, 3.8) is 0 Å². The zero-order valence-corrected chi connectivity index (χ0v) is 33.3. The summed E-state index contributed by atoms with van der Waals surface area (Å²) in [5.74, 6) is -2.40. The number of phosphoric acid groups is 1. The van der Waals surface area contributed by atoms with Crippen LogP contribution in [0.15, 0.2) is 36.5 Å². The van der Waals surface area contributed by atoms with Crippen LogP contribution in [-0.4, -0.2) is 59.9 Å². The highest BCUT2D eigenvalue weighted by Gasteiger charge is 2.28. The Morgan fingerprint density at radius 3 is 1.60 bits per heavy atom. The van der Waals surface area contributed by atoms with Crippen molar-refractivity contribution in [2.75, 3.05) is 19.8 Å². The molecule has 0 aliphatic heterocycles. The lowest BCUT2D eigenvalue weighted by Gasteiger charge is -2.20. The Morgan fingerprint density at radius 2 is 1.06 bits per heavy atom. The number of hydrogen-bond acceptors (Lipinski definition) is 9. The normalized spacial score (nSPS) is 14.2. The standard InChI is InChI=1S/C40H72NO10P/c1-3-5-7-9-11-13-15-16-17-18-19-20-21-22-24-26-28-30-32-39(43)51-36(34-49-52(46,47)50-35-37(41)40(44)45)33-48-38(42)31-29-27-25-23-14-12-10-8-6-4-2/h8,10,13,15,17-18,36-37H,3-7,9,11-12,14,16,19-35,41H2,1-2H3,(H,44,45)(H,46,47)/b10-8-,15-13-,18-17-. The summed E-state index contributed by atoms with van der Waals surface area (Å²) in [5.41, 5.74) is 5.32. The van der Waals surface area contributed by atoms with Crippen LogP contribution < -0.4 is 5.73 Å². The molecule has 0 aromatic carbocycles. The first kappa shape index (κ1) is 49.7. The summed E-state index contributed by atoms with van der Waals surface area (Å²) in [6, 6.07) is -1.52. The second-order valence-corrected chi connectivity index (χ2v) is 14.9. The topological polar surface area (TPSA) is 172 Å². The quantitative estimate of drug-likeness (QED) is 0.0238. The van der Waals surface area contributed by atoms with Crippen molar-refractivity contribution in [3.8, 4) is 0 Å². The van der Waals surface area contributed by atoms with Crippen LogP contribution in [0, 0.1) is 0 Å². The third-order valence-corrected chi connectivity index (χ3v) is 9.29. The van der Waals surface area contributed by atoms with Crippen LogP contribution in [0.5, 0.6) is 0 Å². The lowest BCUT2D eigenvalue weighted by Crippen LogP contribution is -2.34. The number of unbranched alkanes of at least 4 members (excludes halogenated alkanes) is 17. The summed E-state index contributed by atoms with van der Waals surface area (Å²) < 4.78 is 32.5. The van der Waals surface area contributed by atoms with Crippen molar-refractivity contribution in [2.24, 2.45) is 5.73 Å². The molecule has 0 spiro atoms. The summed E-state index contributed by atoms with van der Waals surface area (Å²) in [7, 11) is -4.71. The first-order chi connectivity index (χ1) is 25.1. The first-order valence-corrected chi connectivity index (χ1v) is 21.5. The minimum absolute atomic E-state index is 0.150. The molecule has 3 atom stereocenters. The molecule has 0 rings (SSSR count). The summed E-state index contributed by atoms with van der Waals surface area (Å²) in [6.07, 6.45) is 36.5. The Kier molecular flexibility index (Phi) is 34.1. The van der Waals surface area contributed by atoms with Gasteiger partial charge in [0.05, 0.1) is 13.2 Å². The average molecular weight is 758 g/mol. The summed E-state index contributed by atoms with van der Waals surface area (Å²) in [6.45, 7) is 2.69. The molecule has 4 N–H and O–H groups in total. The Labute approximate surface area is 314 Å². The van der Waals surface area contributed by atoms with Gasteiger partial charge in [0.2, 0.25) is 0 Å². The van der Waals surface area contributed by atoms with Crippen molar-refractivity contribution in [1.29, 1.82) is 0 Å². The molecule has 12 heteroatoms. The van der Waals surface area contributed by atoms with Crippen molar-refractivity contribution in [3.05, 3.63) is 36.5 Å². The van der Waals surface area contributed by atoms with Gasteiger partial charge in [-0.3, -0.25) is 23.4 Å². The third kappa shape index (κ3) is 34.8. The lowest BCUT2D eigenvalue weighted by molar-refractivity contribution is -0.161. The molecule has 0 aromatic heterocycles. The number of nitrogens with two attached hydrogens (primary N) is 1. The highest BCUT2D eigenvalue weighted by Crippen LogP contribution is 2.43. The van der Waals surface area contributed by atoms with Crippen molar-refractivity contribution >= 4 is 25.7 Å². The molecule has 302 valence electrons. The van der Waals surface area contributed by atoms with E-state index in [0.29, 0.717) is 12.8 Å². The molecule has 11 nitrogen and oxygen atoms in total. The molecule has 0 fully saturated rings. The van der Waals surface area contributed by atoms with Crippen LogP contribution in [-0.2, 0) is 37.5 Å². The fraction of sp³-hybridized carbons (Fsp3) is 0.775. The number of hydrogen-bond donors (Lipinski definition) is 3. The first-order valence-electron chi connectivity index (χ1n) is 20.0. The van der Waals surface area contributed by atoms with Gasteiger partial charge in [0.15, 0.2) is 6.10 Å². The van der Waals surface area contributed by atoms with Gasteiger partial charge in [-0.15, -0.1) is 0 Å². The number of phosphoric ester groups is 1. The lowest BCUT2D eigenvalue weighted by atomic mass is 10.1. The summed E-state index contributed by atoms with van der Waals surface area (Å²) in [4.78, 5) is 45.7. The molecule has 3 unspecified atom stereocenters. The van der Waals surface area contributed by atoms with Gasteiger partial charge < -0.3 is 25.2 Å². The molecule has 0 aliphatic carbocycles. The van der Waals surface area contributed by atoms with E-state index in [4.69, 9.17) is 24.8 Å². The van der Waals surface area contributed by atoms with E-state index in [1.54, 1.807) is 0 Å². The van der Waals surface area contributed by atoms with Crippen LogP contribution in [0.4, 0.5) is 0 Å². The van der Waals surface area contributed by atoms with Gasteiger partial charge in [-0.1, -0.05) is 127 Å². The second-order valence-electron chi connectivity index (χ2n) is 13.4. The van der Waals surface area contributed by atoms with Gasteiger partial charge in [0.1, 0.15) is 12.6 Å². The van der Waals surface area contributed by atoms with E-state index in [9.17, 15) is 23.8 Å². The number of esters is 2. The van der Waals surface area contributed by atoms with E-state index < -0.39 is 51.1 Å². The van der Waals surface area contributed by atoms with Crippen molar-refractivity contribution in [1.82, 2.24) is 0 Å². The molecule has 0 bridgehead atoms. The van der Waals surface area contributed by atoms with Crippen LogP contribution in [0.25, 0.3) is 0 Å². The average Bonchev–Trinajstić information content (AvgIpc) is 3.12. The van der Waals surface area contributed by atoms with Crippen LogP contribution >= 0.6 is 7.82 Å². The Bertz CT molecular complexity index is 1030.